The van der Waals surface area contributed by atoms with E-state index in [1.165, 1.54) is 19.8 Å². The fraction of sp³-hybridized carbons (Fsp3) is 0.556. The van der Waals surface area contributed by atoms with Crippen molar-refractivity contribution < 1.29 is 27.5 Å². The average molecular weight is 502 g/mol. The van der Waals surface area contributed by atoms with Gasteiger partial charge in [-0.05, 0) is 55.2 Å². The van der Waals surface area contributed by atoms with Crippen LogP contribution in [0.25, 0.3) is 0 Å². The molecule has 35 heavy (non-hydrogen) atoms. The van der Waals surface area contributed by atoms with Crippen molar-refractivity contribution in [1.29, 1.82) is 0 Å². The quantitative estimate of drug-likeness (QED) is 0.352. The number of allylic oxidation sites excluding steroid dienone is 2. The van der Waals surface area contributed by atoms with Gasteiger partial charge in [-0.3, -0.25) is 9.59 Å². The summed E-state index contributed by atoms with van der Waals surface area (Å²) in [6.45, 7) is 8.90. The Morgan fingerprint density at radius 1 is 1.06 bits per heavy atom. The Kier molecular flexibility index (Phi) is 6.51. The van der Waals surface area contributed by atoms with Crippen LogP contribution in [0.4, 0.5) is 0 Å². The summed E-state index contributed by atoms with van der Waals surface area (Å²) in [7, 11) is -1.12. The first-order valence-corrected chi connectivity index (χ1v) is 13.4. The molecule has 1 saturated heterocycles. The number of fused-ring (bicyclic) bond motifs is 2. The van der Waals surface area contributed by atoms with E-state index in [-0.39, 0.29) is 35.1 Å². The van der Waals surface area contributed by atoms with Crippen LogP contribution < -0.4 is 0 Å². The zero-order chi connectivity index (χ0) is 25.8. The van der Waals surface area contributed by atoms with Crippen molar-refractivity contribution in [2.75, 3.05) is 27.3 Å². The molecular formula is C27H35NO6S. The van der Waals surface area contributed by atoms with E-state index in [0.29, 0.717) is 19.4 Å². The number of sulfonamides is 1. The molecule has 2 atom stereocenters. The minimum Gasteiger partial charge on any atom is -0.468 e. The lowest BCUT2D eigenvalue weighted by molar-refractivity contribution is -0.168. The van der Waals surface area contributed by atoms with Gasteiger partial charge in [0.15, 0.2) is 5.41 Å². The molecule has 1 heterocycles. The van der Waals surface area contributed by atoms with Crippen LogP contribution in [0.2, 0.25) is 0 Å². The molecule has 4 rings (SSSR count). The van der Waals surface area contributed by atoms with Crippen LogP contribution >= 0.6 is 0 Å². The Hall–Kier alpha value is -2.45. The molecule has 1 aromatic rings. The second-order valence-corrected chi connectivity index (χ2v) is 13.1. The third-order valence-corrected chi connectivity index (χ3v) is 9.33. The smallest absolute Gasteiger partial charge is 0.323 e. The predicted molar refractivity (Wildman–Crippen MR) is 132 cm³/mol. The lowest BCUT2D eigenvalue weighted by atomic mass is 9.74. The molecule has 0 amide bonds. The SMILES string of the molecule is COC(=O)C1(C(=O)OC)CC2=C3CN(S(=O)(=O)c4ccc(C)cc4)C[C@H]3/C(=C\C(C)(C)C)C[C@H]2C1. The first kappa shape index (κ1) is 25.6. The number of rotatable bonds is 4. The number of hydrogen-bond donors (Lipinski definition) is 0. The summed E-state index contributed by atoms with van der Waals surface area (Å²) in [4.78, 5) is 26.0. The van der Waals surface area contributed by atoms with Gasteiger partial charge in [0.05, 0.1) is 19.1 Å². The lowest BCUT2D eigenvalue weighted by Crippen LogP contribution is -2.39. The molecule has 8 heteroatoms. The van der Waals surface area contributed by atoms with Crippen LogP contribution in [0, 0.1) is 29.6 Å². The van der Waals surface area contributed by atoms with E-state index in [2.05, 4.69) is 26.8 Å². The van der Waals surface area contributed by atoms with Crippen molar-refractivity contribution in [3.05, 3.63) is 52.6 Å². The van der Waals surface area contributed by atoms with Crippen molar-refractivity contribution in [2.24, 2.45) is 22.7 Å². The van der Waals surface area contributed by atoms with E-state index in [4.69, 9.17) is 9.47 Å². The Labute approximate surface area is 208 Å². The summed E-state index contributed by atoms with van der Waals surface area (Å²) in [5, 5.41) is 0. The molecule has 0 unspecified atom stereocenters. The van der Waals surface area contributed by atoms with Gasteiger partial charge in [-0.25, -0.2) is 8.42 Å². The van der Waals surface area contributed by atoms with E-state index in [1.54, 1.807) is 28.6 Å². The molecule has 0 spiro atoms. The van der Waals surface area contributed by atoms with Gasteiger partial charge in [0, 0.05) is 19.0 Å². The maximum atomic E-state index is 13.5. The first-order valence-electron chi connectivity index (χ1n) is 12.0. The Balaban J connectivity index is 1.80. The third-order valence-electron chi connectivity index (χ3n) is 7.51. The number of esters is 2. The van der Waals surface area contributed by atoms with E-state index >= 15 is 0 Å². The van der Waals surface area contributed by atoms with Crippen molar-refractivity contribution in [2.45, 2.75) is 51.9 Å². The molecule has 3 aliphatic rings. The summed E-state index contributed by atoms with van der Waals surface area (Å²) in [6.07, 6.45) is 3.44. The minimum atomic E-state index is -3.69. The number of benzene rings is 1. The third kappa shape index (κ3) is 4.47. The molecule has 2 aliphatic carbocycles. The first-order chi connectivity index (χ1) is 16.3. The summed E-state index contributed by atoms with van der Waals surface area (Å²) in [5.74, 6) is -1.28. The van der Waals surface area contributed by atoms with Crippen molar-refractivity contribution >= 4 is 22.0 Å². The number of carbonyl (C=O) groups is 2. The van der Waals surface area contributed by atoms with Gasteiger partial charge >= 0.3 is 11.9 Å². The molecule has 1 saturated carbocycles. The van der Waals surface area contributed by atoms with Crippen molar-refractivity contribution in [3.63, 3.8) is 0 Å². The zero-order valence-corrected chi connectivity index (χ0v) is 22.2. The van der Waals surface area contributed by atoms with E-state index in [1.807, 2.05) is 6.92 Å². The zero-order valence-electron chi connectivity index (χ0n) is 21.4. The van der Waals surface area contributed by atoms with Crippen LogP contribution in [0.5, 0.6) is 0 Å². The Morgan fingerprint density at radius 2 is 1.66 bits per heavy atom. The van der Waals surface area contributed by atoms with Gasteiger partial charge in [-0.1, -0.05) is 55.7 Å². The van der Waals surface area contributed by atoms with Crippen LogP contribution in [-0.2, 0) is 29.1 Å². The molecule has 0 aromatic heterocycles. The maximum Gasteiger partial charge on any atom is 0.323 e. The summed E-state index contributed by atoms with van der Waals surface area (Å²) >= 11 is 0. The molecule has 1 aromatic carbocycles. The standard InChI is InChI=1S/C27H35NO6S/c1-17-7-9-20(10-8-17)35(31,32)28-15-22-18(12-26(2,3)4)11-19-13-27(24(29)33-5,25(30)34-6)14-21(19)23(22)16-28/h7-10,12,19,22H,11,13-16H2,1-6H3/b18-12-/t19-,22-/m0/s1. The molecule has 0 bridgehead atoms. The number of methoxy groups -OCH3 is 2. The molecule has 0 radical (unpaired) electrons. The molecule has 2 fully saturated rings. The van der Waals surface area contributed by atoms with Crippen molar-refractivity contribution in [3.8, 4) is 0 Å². The number of aryl methyl sites for hydroxylation is 1. The second kappa shape index (κ2) is 8.89. The van der Waals surface area contributed by atoms with Crippen LogP contribution in [-0.4, -0.2) is 52.0 Å². The Morgan fingerprint density at radius 3 is 2.20 bits per heavy atom. The molecule has 1 aliphatic heterocycles. The highest BCUT2D eigenvalue weighted by Gasteiger charge is 2.58. The number of hydrogen-bond acceptors (Lipinski definition) is 6. The predicted octanol–water partition coefficient (Wildman–Crippen LogP) is 4.03. The maximum absolute atomic E-state index is 13.5. The molecule has 190 valence electrons. The number of carbonyl (C=O) groups excluding carboxylic acids is 2. The molecular weight excluding hydrogens is 466 g/mol. The highest BCUT2D eigenvalue weighted by atomic mass is 32.2. The van der Waals surface area contributed by atoms with Gasteiger partial charge in [0.2, 0.25) is 10.0 Å². The second-order valence-electron chi connectivity index (χ2n) is 11.1. The van der Waals surface area contributed by atoms with E-state index < -0.39 is 27.4 Å². The van der Waals surface area contributed by atoms with E-state index in [0.717, 1.165) is 16.7 Å². The normalized spacial score (nSPS) is 25.4. The summed E-state index contributed by atoms with van der Waals surface area (Å²) < 4.78 is 38.7. The average Bonchev–Trinajstić information content (AvgIpc) is 3.41. The van der Waals surface area contributed by atoms with Crippen LogP contribution in [0.3, 0.4) is 0 Å². The lowest BCUT2D eigenvalue weighted by Gasteiger charge is -2.31. The summed E-state index contributed by atoms with van der Waals surface area (Å²) in [5.41, 5.74) is 2.72. The number of nitrogens with zero attached hydrogens (tertiary/aromatic N) is 1. The van der Waals surface area contributed by atoms with Gasteiger partial charge < -0.3 is 9.47 Å². The van der Waals surface area contributed by atoms with Crippen molar-refractivity contribution in [1.82, 2.24) is 4.31 Å². The topological polar surface area (TPSA) is 90.0 Å². The molecule has 7 nitrogen and oxygen atoms in total. The minimum absolute atomic E-state index is 0.0323. The summed E-state index contributed by atoms with van der Waals surface area (Å²) in [6, 6.07) is 6.90. The fourth-order valence-electron chi connectivity index (χ4n) is 5.97. The number of ether oxygens (including phenoxy) is 2. The fourth-order valence-corrected chi connectivity index (χ4v) is 7.40. The Bertz CT molecular complexity index is 1190. The monoisotopic (exact) mass is 501 g/mol. The molecule has 0 N–H and O–H groups in total. The van der Waals surface area contributed by atoms with Gasteiger partial charge in [0.1, 0.15) is 0 Å². The highest BCUT2D eigenvalue weighted by Crippen LogP contribution is 2.56. The van der Waals surface area contributed by atoms with Crippen LogP contribution in [0.1, 0.15) is 45.6 Å². The van der Waals surface area contributed by atoms with Crippen LogP contribution in [0.15, 0.2) is 52.0 Å². The van der Waals surface area contributed by atoms with E-state index in [9.17, 15) is 18.0 Å². The van der Waals surface area contributed by atoms with Gasteiger partial charge in [-0.15, -0.1) is 0 Å². The van der Waals surface area contributed by atoms with Gasteiger partial charge in [0.25, 0.3) is 0 Å². The largest absolute Gasteiger partial charge is 0.468 e. The highest BCUT2D eigenvalue weighted by molar-refractivity contribution is 7.89. The van der Waals surface area contributed by atoms with Gasteiger partial charge in [-0.2, -0.15) is 4.31 Å².